The van der Waals surface area contributed by atoms with Crippen molar-refractivity contribution in [3.63, 3.8) is 0 Å². The molecule has 0 aromatic heterocycles. The molecule has 0 spiro atoms. The van der Waals surface area contributed by atoms with Gasteiger partial charge in [0, 0.05) is 44.2 Å². The molecule has 3 aliphatic rings. The third kappa shape index (κ3) is 3.15. The maximum Gasteiger partial charge on any atom is 0.255 e. The molecule has 3 fully saturated rings. The van der Waals surface area contributed by atoms with Crippen molar-refractivity contribution in [2.45, 2.75) is 37.7 Å². The molecule has 1 aliphatic carbocycles. The highest BCUT2D eigenvalue weighted by Crippen LogP contribution is 2.31. The Kier molecular flexibility index (Phi) is 4.58. The minimum absolute atomic E-state index is 0.00567. The SMILES string of the molecule is O=C1N(CC2CCC2)CCC[C@]1(O)CN1CCSCC1. The van der Waals surface area contributed by atoms with Crippen LogP contribution < -0.4 is 0 Å². The summed E-state index contributed by atoms with van der Waals surface area (Å²) in [6, 6.07) is 0. The third-order valence-electron chi connectivity index (χ3n) is 5.00. The van der Waals surface area contributed by atoms with Crippen LogP contribution in [-0.2, 0) is 4.79 Å². The Morgan fingerprint density at radius 1 is 1.20 bits per heavy atom. The summed E-state index contributed by atoms with van der Waals surface area (Å²) in [5.74, 6) is 2.92. The normalized spacial score (nSPS) is 33.2. The van der Waals surface area contributed by atoms with Gasteiger partial charge < -0.3 is 10.0 Å². The van der Waals surface area contributed by atoms with Crippen LogP contribution in [-0.4, -0.2) is 70.6 Å². The molecule has 0 unspecified atom stereocenters. The first kappa shape index (κ1) is 14.7. The van der Waals surface area contributed by atoms with Gasteiger partial charge in [-0.1, -0.05) is 6.42 Å². The molecule has 2 aliphatic heterocycles. The molecule has 5 heteroatoms. The van der Waals surface area contributed by atoms with E-state index in [4.69, 9.17) is 0 Å². The zero-order valence-corrected chi connectivity index (χ0v) is 13.0. The molecule has 20 heavy (non-hydrogen) atoms. The van der Waals surface area contributed by atoms with Gasteiger partial charge in [0.1, 0.15) is 0 Å². The molecule has 2 heterocycles. The van der Waals surface area contributed by atoms with Gasteiger partial charge in [0.25, 0.3) is 5.91 Å². The summed E-state index contributed by atoms with van der Waals surface area (Å²) in [6.45, 7) is 4.25. The molecule has 0 bridgehead atoms. The highest BCUT2D eigenvalue weighted by atomic mass is 32.2. The standard InChI is InChI=1S/C15H26N2O2S/c18-14-15(19,12-16-7-9-20-10-8-16)5-2-6-17(14)11-13-3-1-4-13/h13,19H,1-12H2/t15-/m0/s1. The van der Waals surface area contributed by atoms with Gasteiger partial charge in [-0.05, 0) is 31.6 Å². The molecule has 0 aromatic rings. The largest absolute Gasteiger partial charge is 0.379 e. The summed E-state index contributed by atoms with van der Waals surface area (Å²) in [6.07, 6.45) is 5.40. The van der Waals surface area contributed by atoms with Crippen molar-refractivity contribution < 1.29 is 9.90 Å². The van der Waals surface area contributed by atoms with Crippen molar-refractivity contribution in [1.82, 2.24) is 9.80 Å². The predicted molar refractivity (Wildman–Crippen MR) is 81.9 cm³/mol. The molecule has 1 atom stereocenters. The summed E-state index contributed by atoms with van der Waals surface area (Å²) in [4.78, 5) is 16.8. The molecular formula is C15H26N2O2S. The van der Waals surface area contributed by atoms with Gasteiger partial charge in [0.15, 0.2) is 5.60 Å². The van der Waals surface area contributed by atoms with E-state index in [1.54, 1.807) is 0 Å². The number of piperidine rings is 1. The molecule has 4 nitrogen and oxygen atoms in total. The van der Waals surface area contributed by atoms with Gasteiger partial charge in [-0.15, -0.1) is 0 Å². The Morgan fingerprint density at radius 3 is 2.60 bits per heavy atom. The van der Waals surface area contributed by atoms with Crippen LogP contribution >= 0.6 is 11.8 Å². The highest BCUT2D eigenvalue weighted by molar-refractivity contribution is 7.99. The van der Waals surface area contributed by atoms with Crippen molar-refractivity contribution in [2.75, 3.05) is 44.2 Å². The third-order valence-corrected chi connectivity index (χ3v) is 5.94. The second-order valence-electron chi connectivity index (χ2n) is 6.57. The van der Waals surface area contributed by atoms with Crippen molar-refractivity contribution in [2.24, 2.45) is 5.92 Å². The van der Waals surface area contributed by atoms with E-state index in [1.165, 1.54) is 19.3 Å². The van der Waals surface area contributed by atoms with Crippen molar-refractivity contribution in [1.29, 1.82) is 0 Å². The molecule has 1 amide bonds. The van der Waals surface area contributed by atoms with E-state index in [0.29, 0.717) is 18.9 Å². The van der Waals surface area contributed by atoms with Gasteiger partial charge in [0.05, 0.1) is 0 Å². The molecule has 2 saturated heterocycles. The van der Waals surface area contributed by atoms with Crippen LogP contribution in [0.25, 0.3) is 0 Å². The smallest absolute Gasteiger partial charge is 0.255 e. The number of likely N-dealkylation sites (tertiary alicyclic amines) is 1. The molecule has 1 N–H and O–H groups in total. The van der Waals surface area contributed by atoms with Crippen molar-refractivity contribution in [3.8, 4) is 0 Å². The fraction of sp³-hybridized carbons (Fsp3) is 0.933. The molecule has 0 radical (unpaired) electrons. The van der Waals surface area contributed by atoms with Crippen molar-refractivity contribution in [3.05, 3.63) is 0 Å². The van der Waals surface area contributed by atoms with E-state index < -0.39 is 5.60 Å². The lowest BCUT2D eigenvalue weighted by Gasteiger charge is -2.43. The number of amides is 1. The first-order valence-corrected chi connectivity index (χ1v) is 9.15. The average molecular weight is 298 g/mol. The minimum atomic E-state index is -1.12. The fourth-order valence-electron chi connectivity index (χ4n) is 3.50. The van der Waals surface area contributed by atoms with Crippen LogP contribution in [0.1, 0.15) is 32.1 Å². The van der Waals surface area contributed by atoms with Crippen LogP contribution in [0.4, 0.5) is 0 Å². The summed E-state index contributed by atoms with van der Waals surface area (Å²) in [5, 5.41) is 10.8. The Labute approximate surface area is 125 Å². The zero-order chi connectivity index (χ0) is 14.0. The Hall–Kier alpha value is -0.260. The van der Waals surface area contributed by atoms with Gasteiger partial charge >= 0.3 is 0 Å². The van der Waals surface area contributed by atoms with Gasteiger partial charge in [0.2, 0.25) is 0 Å². The van der Waals surface area contributed by atoms with E-state index in [2.05, 4.69) is 4.90 Å². The van der Waals surface area contributed by atoms with Crippen LogP contribution in [0.2, 0.25) is 0 Å². The summed E-state index contributed by atoms with van der Waals surface area (Å²) in [7, 11) is 0. The number of nitrogens with zero attached hydrogens (tertiary/aromatic N) is 2. The van der Waals surface area contributed by atoms with Crippen molar-refractivity contribution >= 4 is 17.7 Å². The number of aliphatic hydroxyl groups is 1. The molecule has 1 saturated carbocycles. The van der Waals surface area contributed by atoms with E-state index in [1.807, 2.05) is 16.7 Å². The maximum atomic E-state index is 12.6. The second-order valence-corrected chi connectivity index (χ2v) is 7.80. The summed E-state index contributed by atoms with van der Waals surface area (Å²) in [5.41, 5.74) is -1.12. The Bertz CT molecular complexity index is 356. The van der Waals surface area contributed by atoms with Gasteiger partial charge in [-0.25, -0.2) is 0 Å². The zero-order valence-electron chi connectivity index (χ0n) is 12.2. The number of β-amino-alcohol motifs (C(OH)–C–C–N with tert-alkyl or cyclic N) is 1. The second kappa shape index (κ2) is 6.24. The number of rotatable bonds is 4. The molecule has 0 aromatic carbocycles. The van der Waals surface area contributed by atoms with Gasteiger partial charge in [-0.2, -0.15) is 11.8 Å². The number of hydrogen-bond acceptors (Lipinski definition) is 4. The lowest BCUT2D eigenvalue weighted by molar-refractivity contribution is -0.160. The number of carbonyl (C=O) groups is 1. The van der Waals surface area contributed by atoms with E-state index >= 15 is 0 Å². The van der Waals surface area contributed by atoms with E-state index in [0.717, 1.165) is 44.1 Å². The topological polar surface area (TPSA) is 43.8 Å². The number of thioether (sulfide) groups is 1. The first-order chi connectivity index (χ1) is 9.67. The Morgan fingerprint density at radius 2 is 1.95 bits per heavy atom. The molecule has 114 valence electrons. The van der Waals surface area contributed by atoms with Crippen LogP contribution in [0.5, 0.6) is 0 Å². The lowest BCUT2D eigenvalue weighted by Crippen LogP contribution is -2.60. The first-order valence-electron chi connectivity index (χ1n) is 7.99. The monoisotopic (exact) mass is 298 g/mol. The highest BCUT2D eigenvalue weighted by Gasteiger charge is 2.44. The summed E-state index contributed by atoms with van der Waals surface area (Å²) >= 11 is 1.96. The average Bonchev–Trinajstić information content (AvgIpc) is 2.40. The Balaban J connectivity index is 1.59. The van der Waals surface area contributed by atoms with Crippen LogP contribution in [0.3, 0.4) is 0 Å². The molecule has 3 rings (SSSR count). The van der Waals surface area contributed by atoms with Crippen LogP contribution in [0.15, 0.2) is 0 Å². The predicted octanol–water partition coefficient (Wildman–Crippen LogP) is 1.19. The quantitative estimate of drug-likeness (QED) is 0.847. The lowest BCUT2D eigenvalue weighted by atomic mass is 9.83. The fourth-order valence-corrected chi connectivity index (χ4v) is 4.48. The molecular weight excluding hydrogens is 272 g/mol. The summed E-state index contributed by atoms with van der Waals surface area (Å²) < 4.78 is 0. The van der Waals surface area contributed by atoms with E-state index in [-0.39, 0.29) is 5.91 Å². The van der Waals surface area contributed by atoms with Gasteiger partial charge in [-0.3, -0.25) is 9.69 Å². The maximum absolute atomic E-state index is 12.6. The number of hydrogen-bond donors (Lipinski definition) is 1. The van der Waals surface area contributed by atoms with Crippen LogP contribution in [0, 0.1) is 5.92 Å². The minimum Gasteiger partial charge on any atom is -0.379 e. The number of carbonyl (C=O) groups excluding carboxylic acids is 1. The van der Waals surface area contributed by atoms with E-state index in [9.17, 15) is 9.90 Å².